The number of carboxylic acid groups (broad SMARTS) is 1. The van der Waals surface area contributed by atoms with Gasteiger partial charge in [-0.15, -0.1) is 0 Å². The Kier molecular flexibility index (Phi) is 7.89. The van der Waals surface area contributed by atoms with E-state index in [9.17, 15) is 14.7 Å². The summed E-state index contributed by atoms with van der Waals surface area (Å²) >= 11 is 0.730. The van der Waals surface area contributed by atoms with Gasteiger partial charge in [-0.2, -0.15) is 0 Å². The SMILES string of the molecule is CC(C)[C@@H]1CC[C@]2(C(=O)O)CC[C@]3(C)C(CCC4[C@@]5(C)CC[C@@H](OC(=O)NCCSO)C(C)(C)C5CC[C@]43C)C12. The summed E-state index contributed by atoms with van der Waals surface area (Å²) < 4.78 is 15.0. The van der Waals surface area contributed by atoms with Gasteiger partial charge in [0.25, 0.3) is 0 Å². The molecule has 4 unspecified atom stereocenters. The molecule has 5 saturated carbocycles. The van der Waals surface area contributed by atoms with Gasteiger partial charge in [0.2, 0.25) is 0 Å². The second kappa shape index (κ2) is 10.3. The second-order valence-corrected chi connectivity index (χ2v) is 16.8. The highest BCUT2D eigenvalue weighted by molar-refractivity contribution is 7.93. The third-order valence-electron chi connectivity index (χ3n) is 14.4. The van der Waals surface area contributed by atoms with Crippen molar-refractivity contribution in [3.05, 3.63) is 0 Å². The molecule has 5 aliphatic rings. The van der Waals surface area contributed by atoms with Crippen LogP contribution in [0.4, 0.5) is 4.79 Å². The van der Waals surface area contributed by atoms with E-state index < -0.39 is 11.4 Å². The van der Waals surface area contributed by atoms with Gasteiger partial charge in [-0.25, -0.2) is 4.79 Å². The molecule has 5 rings (SSSR count). The second-order valence-electron chi connectivity index (χ2n) is 16.1. The summed E-state index contributed by atoms with van der Waals surface area (Å²) in [6.45, 7) is 17.4. The predicted octanol–water partition coefficient (Wildman–Crippen LogP) is 8.11. The van der Waals surface area contributed by atoms with Gasteiger partial charge in [0.05, 0.1) is 5.41 Å². The number of carbonyl (C=O) groups excluding carboxylic acids is 1. The summed E-state index contributed by atoms with van der Waals surface area (Å²) in [7, 11) is 0. The van der Waals surface area contributed by atoms with Crippen molar-refractivity contribution in [3.63, 3.8) is 0 Å². The average molecular weight is 578 g/mol. The number of fused-ring (bicyclic) bond motifs is 7. The molecular formula is C33H55NO5S. The first-order chi connectivity index (χ1) is 18.7. The maximum atomic E-state index is 12.9. The van der Waals surface area contributed by atoms with Crippen LogP contribution in [0.5, 0.6) is 0 Å². The van der Waals surface area contributed by atoms with Crippen molar-refractivity contribution in [2.24, 2.45) is 62.6 Å². The minimum absolute atomic E-state index is 0.111. The number of aliphatic carboxylic acids is 1. The van der Waals surface area contributed by atoms with Crippen molar-refractivity contribution in [3.8, 4) is 0 Å². The highest BCUT2D eigenvalue weighted by Gasteiger charge is 2.72. The van der Waals surface area contributed by atoms with Gasteiger partial charge in [-0.1, -0.05) is 48.5 Å². The van der Waals surface area contributed by atoms with Gasteiger partial charge in [-0.3, -0.25) is 4.79 Å². The van der Waals surface area contributed by atoms with Gasteiger partial charge in [0.15, 0.2) is 0 Å². The molecule has 0 aromatic carbocycles. The molecule has 0 radical (unpaired) electrons. The summed E-state index contributed by atoms with van der Waals surface area (Å²) in [5, 5.41) is 13.4. The maximum absolute atomic E-state index is 12.9. The first-order valence-electron chi connectivity index (χ1n) is 16.1. The lowest BCUT2D eigenvalue weighted by atomic mass is 9.32. The molecule has 0 spiro atoms. The summed E-state index contributed by atoms with van der Waals surface area (Å²) in [6.07, 6.45) is 9.98. The monoisotopic (exact) mass is 577 g/mol. The quantitative estimate of drug-likeness (QED) is 0.218. The topological polar surface area (TPSA) is 95.9 Å². The molecule has 0 bridgehead atoms. The van der Waals surface area contributed by atoms with Crippen molar-refractivity contribution in [1.82, 2.24) is 5.32 Å². The fraction of sp³-hybridized carbons (Fsp3) is 0.939. The van der Waals surface area contributed by atoms with E-state index in [2.05, 4.69) is 53.8 Å². The standard InChI is InChI=1S/C33H55NO5S/c1-20(2)21-10-15-33(27(35)36)17-16-31(6)22(26(21)33)8-9-24-30(5)13-12-25(39-28(37)34-18-19-40-38)29(3,4)23(30)11-14-32(24,31)7/h20-26,38H,8-19H2,1-7H3,(H,34,37)(H,35,36)/t21-,22?,23?,24?,25+,26?,30-,31+,32+,33-/m0/s1. The molecule has 228 valence electrons. The van der Waals surface area contributed by atoms with Crippen molar-refractivity contribution in [2.75, 3.05) is 12.3 Å². The van der Waals surface area contributed by atoms with Crippen LogP contribution in [0.25, 0.3) is 0 Å². The lowest BCUT2D eigenvalue weighted by Crippen LogP contribution is -2.67. The van der Waals surface area contributed by atoms with Crippen molar-refractivity contribution in [2.45, 2.75) is 119 Å². The molecule has 40 heavy (non-hydrogen) atoms. The van der Waals surface area contributed by atoms with Crippen molar-refractivity contribution in [1.29, 1.82) is 0 Å². The average Bonchev–Trinajstić information content (AvgIpc) is 3.28. The molecule has 0 heterocycles. The summed E-state index contributed by atoms with van der Waals surface area (Å²) in [5.74, 6) is 2.85. The smallest absolute Gasteiger partial charge is 0.407 e. The number of carbonyl (C=O) groups is 2. The van der Waals surface area contributed by atoms with Gasteiger partial charge in [0, 0.05) is 17.7 Å². The highest BCUT2D eigenvalue weighted by Crippen LogP contribution is 2.77. The van der Waals surface area contributed by atoms with Crippen molar-refractivity contribution >= 4 is 24.1 Å². The van der Waals surface area contributed by atoms with E-state index in [1.54, 1.807) is 0 Å². The zero-order valence-corrected chi connectivity index (χ0v) is 26.9. The zero-order valence-electron chi connectivity index (χ0n) is 26.1. The number of alkyl carbamates (subject to hydrolysis) is 1. The molecule has 6 nitrogen and oxygen atoms in total. The number of amides is 1. The third kappa shape index (κ3) is 4.20. The van der Waals surface area contributed by atoms with Crippen LogP contribution in [0, 0.1) is 62.6 Å². The summed E-state index contributed by atoms with van der Waals surface area (Å²) in [6, 6.07) is 0. The van der Waals surface area contributed by atoms with E-state index in [-0.39, 0.29) is 33.9 Å². The fourth-order valence-electron chi connectivity index (χ4n) is 12.3. The number of hydrogen-bond acceptors (Lipinski definition) is 5. The van der Waals surface area contributed by atoms with E-state index in [1.807, 2.05) is 0 Å². The first kappa shape index (κ1) is 30.5. The maximum Gasteiger partial charge on any atom is 0.407 e. The number of nitrogens with one attached hydrogen (secondary N) is 1. The molecule has 0 aromatic heterocycles. The van der Waals surface area contributed by atoms with E-state index in [4.69, 9.17) is 9.29 Å². The third-order valence-corrected chi connectivity index (χ3v) is 14.8. The lowest BCUT2D eigenvalue weighted by Gasteiger charge is -2.72. The lowest BCUT2D eigenvalue weighted by molar-refractivity contribution is -0.249. The molecule has 0 saturated heterocycles. The zero-order chi connectivity index (χ0) is 29.3. The van der Waals surface area contributed by atoms with Gasteiger partial charge in [0.1, 0.15) is 6.10 Å². The Hall–Kier alpha value is -0.950. The van der Waals surface area contributed by atoms with Gasteiger partial charge < -0.3 is 19.7 Å². The Bertz CT molecular complexity index is 1000. The minimum Gasteiger partial charge on any atom is -0.481 e. The van der Waals surface area contributed by atoms with E-state index >= 15 is 0 Å². The number of carboxylic acids is 1. The highest BCUT2D eigenvalue weighted by atomic mass is 32.2. The van der Waals surface area contributed by atoms with Crippen LogP contribution in [-0.4, -0.2) is 40.1 Å². The van der Waals surface area contributed by atoms with Crippen LogP contribution in [0.1, 0.15) is 113 Å². The van der Waals surface area contributed by atoms with E-state index in [1.165, 1.54) is 12.8 Å². The number of rotatable bonds is 6. The van der Waals surface area contributed by atoms with E-state index in [0.29, 0.717) is 47.8 Å². The van der Waals surface area contributed by atoms with Crippen molar-refractivity contribution < 1.29 is 24.0 Å². The molecular weight excluding hydrogens is 522 g/mol. The van der Waals surface area contributed by atoms with Gasteiger partial charge >= 0.3 is 12.1 Å². The fourth-order valence-corrected chi connectivity index (χ4v) is 12.5. The molecule has 10 atom stereocenters. The van der Waals surface area contributed by atoms with Crippen LogP contribution < -0.4 is 5.32 Å². The summed E-state index contributed by atoms with van der Waals surface area (Å²) in [5.41, 5.74) is -0.0967. The Morgan fingerprint density at radius 3 is 2.27 bits per heavy atom. The Labute approximate surface area is 246 Å². The minimum atomic E-state index is -0.523. The molecule has 5 aliphatic carbocycles. The predicted molar refractivity (Wildman–Crippen MR) is 160 cm³/mol. The van der Waals surface area contributed by atoms with Crippen LogP contribution in [-0.2, 0) is 9.53 Å². The summed E-state index contributed by atoms with van der Waals surface area (Å²) in [4.78, 5) is 25.5. The van der Waals surface area contributed by atoms with Crippen LogP contribution in [0.15, 0.2) is 0 Å². The molecule has 1 amide bonds. The molecule has 7 heteroatoms. The van der Waals surface area contributed by atoms with Crippen LogP contribution >= 0.6 is 12.0 Å². The Morgan fingerprint density at radius 1 is 0.900 bits per heavy atom. The van der Waals surface area contributed by atoms with Crippen LogP contribution in [0.2, 0.25) is 0 Å². The molecule has 0 aromatic rings. The normalized spacial score (nSPS) is 47.4. The van der Waals surface area contributed by atoms with E-state index in [0.717, 1.165) is 63.4 Å². The number of ether oxygens (including phenoxy) is 1. The molecule has 5 fully saturated rings. The van der Waals surface area contributed by atoms with Crippen LogP contribution in [0.3, 0.4) is 0 Å². The molecule has 0 aliphatic heterocycles. The Balaban J connectivity index is 1.42. The Morgan fingerprint density at radius 2 is 1.62 bits per heavy atom. The largest absolute Gasteiger partial charge is 0.481 e. The van der Waals surface area contributed by atoms with Gasteiger partial charge in [-0.05, 0) is 128 Å². The number of hydrogen-bond donors (Lipinski definition) is 3. The first-order valence-corrected chi connectivity index (χ1v) is 17.1. The molecule has 3 N–H and O–H groups in total.